The third-order valence-electron chi connectivity index (χ3n) is 19.1. The van der Waals surface area contributed by atoms with Crippen molar-refractivity contribution in [3.63, 3.8) is 0 Å². The van der Waals surface area contributed by atoms with Crippen LogP contribution in [0.2, 0.25) is 54.4 Å². The first-order valence-electron chi connectivity index (χ1n) is 29.9. The first-order chi connectivity index (χ1) is 35.3. The van der Waals surface area contributed by atoms with Gasteiger partial charge in [-0.2, -0.15) is 0 Å². The molecule has 434 valence electrons. The van der Waals surface area contributed by atoms with Gasteiger partial charge in [-0.25, -0.2) is 9.59 Å². The van der Waals surface area contributed by atoms with E-state index in [0.29, 0.717) is 18.3 Å². The van der Waals surface area contributed by atoms with Crippen molar-refractivity contribution in [3.8, 4) is 0 Å². The fourth-order valence-corrected chi connectivity index (χ4v) is 20.9. The summed E-state index contributed by atoms with van der Waals surface area (Å²) in [7, 11) is -5.43. The Balaban J connectivity index is 1.98. The zero-order valence-electron chi connectivity index (χ0n) is 50.7. The standard InChI is InChI=1S/C59H108O13Si3/c1-20-73(21-2,22-3)70-49(32-30-42(14)55-43(15)34-36-59(69-55)35-33-41(13)48(68-59)31-29-40(12)46(18)60)44(16)47(61)37-51(72-75(26-7,27-8)28-9)56(65-19)54(39(10)11)66-52(62)38-50(71-74(23-4,24-5)25-6)53-45(17)57(63)67-58(53)64/h39-44,48-51,54-56H,20-38H2,1-19H3/t40-,41+,42+,43-,44+,48-,49-,50+,51+,54+,55-,56-,59+/m0/s1. The largest absolute Gasteiger partial charge is 0.459 e. The Kier molecular flexibility index (Phi) is 27.5. The zero-order chi connectivity index (χ0) is 56.6. The van der Waals surface area contributed by atoms with Gasteiger partial charge in [0.2, 0.25) is 0 Å². The summed E-state index contributed by atoms with van der Waals surface area (Å²) in [5.74, 6) is -2.26. The molecule has 2 fully saturated rings. The van der Waals surface area contributed by atoms with Crippen molar-refractivity contribution in [1.29, 1.82) is 0 Å². The summed E-state index contributed by atoms with van der Waals surface area (Å²) in [5, 5.41) is 0. The molecular formula is C59H108O13Si3. The maximum absolute atomic E-state index is 15.3. The van der Waals surface area contributed by atoms with E-state index in [9.17, 15) is 19.2 Å². The van der Waals surface area contributed by atoms with Crippen LogP contribution in [-0.4, -0.2) is 110 Å². The second-order valence-electron chi connectivity index (χ2n) is 23.8. The van der Waals surface area contributed by atoms with Gasteiger partial charge in [-0.05, 0) is 130 Å². The van der Waals surface area contributed by atoms with Crippen molar-refractivity contribution in [2.75, 3.05) is 7.11 Å². The topological polar surface area (TPSA) is 159 Å². The lowest BCUT2D eigenvalue weighted by atomic mass is 9.79. The molecule has 13 atom stereocenters. The molecule has 3 heterocycles. The van der Waals surface area contributed by atoms with Gasteiger partial charge in [0.25, 0.3) is 0 Å². The van der Waals surface area contributed by atoms with E-state index in [1.54, 1.807) is 14.0 Å². The molecular weight excluding hydrogens is 1000 g/mol. The molecule has 0 aromatic carbocycles. The Hall–Kier alpha value is -1.90. The van der Waals surface area contributed by atoms with Crippen LogP contribution in [0.3, 0.4) is 0 Å². The molecule has 75 heavy (non-hydrogen) atoms. The van der Waals surface area contributed by atoms with Crippen LogP contribution in [0.5, 0.6) is 0 Å². The van der Waals surface area contributed by atoms with Crippen molar-refractivity contribution in [2.24, 2.45) is 35.5 Å². The molecule has 1 spiro atoms. The molecule has 0 amide bonds. The van der Waals surface area contributed by atoms with Gasteiger partial charge in [0.05, 0.1) is 42.5 Å². The van der Waals surface area contributed by atoms with Crippen LogP contribution >= 0.6 is 0 Å². The predicted molar refractivity (Wildman–Crippen MR) is 306 cm³/mol. The number of rotatable bonds is 35. The van der Waals surface area contributed by atoms with Gasteiger partial charge in [-0.15, -0.1) is 0 Å². The summed E-state index contributed by atoms with van der Waals surface area (Å²) < 4.78 is 53.5. The molecule has 13 nitrogen and oxygen atoms in total. The summed E-state index contributed by atoms with van der Waals surface area (Å²) in [5.41, 5.74) is 0.218. The van der Waals surface area contributed by atoms with Crippen molar-refractivity contribution in [3.05, 3.63) is 11.1 Å². The minimum absolute atomic E-state index is 0.0149. The van der Waals surface area contributed by atoms with Crippen LogP contribution in [-0.2, 0) is 60.9 Å². The number of carbonyl (C=O) groups excluding carboxylic acids is 5. The van der Waals surface area contributed by atoms with E-state index in [-0.39, 0.29) is 71.6 Å². The smallest absolute Gasteiger partial charge is 0.345 e. The number of Topliss-reactive ketones (excluding diaryl/α,β-unsaturated/α-hetero) is 2. The Morgan fingerprint density at radius 2 is 1.16 bits per heavy atom. The Labute approximate surface area is 458 Å². The van der Waals surface area contributed by atoms with Crippen LogP contribution in [0.25, 0.3) is 0 Å². The number of carbonyl (C=O) groups is 5. The molecule has 0 unspecified atom stereocenters. The van der Waals surface area contributed by atoms with Crippen molar-refractivity contribution in [2.45, 2.75) is 292 Å². The molecule has 16 heteroatoms. The van der Waals surface area contributed by atoms with Crippen LogP contribution < -0.4 is 0 Å². The molecule has 0 saturated carbocycles. The van der Waals surface area contributed by atoms with E-state index in [1.807, 2.05) is 27.7 Å². The zero-order valence-corrected chi connectivity index (χ0v) is 53.7. The number of ketones is 2. The van der Waals surface area contributed by atoms with Crippen LogP contribution in [0.1, 0.15) is 189 Å². The summed E-state index contributed by atoms with van der Waals surface area (Å²) >= 11 is 0. The monoisotopic (exact) mass is 1110 g/mol. The highest BCUT2D eigenvalue weighted by atomic mass is 28.4. The molecule has 3 rings (SSSR count). The summed E-state index contributed by atoms with van der Waals surface area (Å²) in [6.07, 6.45) is 3.08. The van der Waals surface area contributed by atoms with Crippen molar-refractivity contribution < 1.29 is 60.9 Å². The molecule has 0 aromatic rings. The molecule has 3 aliphatic heterocycles. The minimum atomic E-state index is -2.42. The number of esters is 3. The maximum Gasteiger partial charge on any atom is 0.345 e. The van der Waals surface area contributed by atoms with E-state index in [0.717, 1.165) is 99.3 Å². The molecule has 2 saturated heterocycles. The van der Waals surface area contributed by atoms with Gasteiger partial charge in [0, 0.05) is 43.8 Å². The van der Waals surface area contributed by atoms with E-state index >= 15 is 4.79 Å². The van der Waals surface area contributed by atoms with Crippen LogP contribution in [0.4, 0.5) is 0 Å². The van der Waals surface area contributed by atoms with E-state index in [2.05, 4.69) is 83.1 Å². The maximum atomic E-state index is 15.3. The molecule has 3 aliphatic rings. The Bertz CT molecular complexity index is 1830. The average molecular weight is 1110 g/mol. The van der Waals surface area contributed by atoms with E-state index in [4.69, 9.17) is 37.0 Å². The molecule has 0 bridgehead atoms. The summed E-state index contributed by atoms with van der Waals surface area (Å²) in [4.78, 5) is 67.6. The fraction of sp³-hybridized carbons (Fsp3) is 0.881. The van der Waals surface area contributed by atoms with Gasteiger partial charge in [-0.1, -0.05) is 111 Å². The lowest BCUT2D eigenvalue weighted by Crippen LogP contribution is -2.53. The average Bonchev–Trinajstić information content (AvgIpc) is 3.66. The highest BCUT2D eigenvalue weighted by molar-refractivity contribution is 6.74. The predicted octanol–water partition coefficient (Wildman–Crippen LogP) is 13.9. The Morgan fingerprint density at radius 1 is 0.653 bits per heavy atom. The second-order valence-corrected chi connectivity index (χ2v) is 37.9. The number of ether oxygens (including phenoxy) is 5. The first-order valence-corrected chi connectivity index (χ1v) is 37.5. The van der Waals surface area contributed by atoms with Gasteiger partial charge in [0.1, 0.15) is 23.8 Å². The number of methoxy groups -OCH3 is 1. The minimum Gasteiger partial charge on any atom is -0.459 e. The fourth-order valence-electron chi connectivity index (χ4n) is 12.3. The number of hydrogen-bond acceptors (Lipinski definition) is 13. The van der Waals surface area contributed by atoms with Gasteiger partial charge in [0.15, 0.2) is 30.7 Å². The summed E-state index contributed by atoms with van der Waals surface area (Å²) in [6, 6.07) is 7.70. The van der Waals surface area contributed by atoms with Gasteiger partial charge in [-0.3, -0.25) is 14.4 Å². The van der Waals surface area contributed by atoms with Gasteiger partial charge < -0.3 is 37.0 Å². The quantitative estimate of drug-likeness (QED) is 0.0335. The third-order valence-corrected chi connectivity index (χ3v) is 33.0. The normalized spacial score (nSPS) is 25.2. The molecule has 0 radical (unpaired) electrons. The van der Waals surface area contributed by atoms with Gasteiger partial charge >= 0.3 is 17.9 Å². The van der Waals surface area contributed by atoms with Crippen LogP contribution in [0, 0.1) is 35.5 Å². The SMILES string of the molecule is CC[Si](CC)(CC)O[C@@H](CC[C@@H](C)[C@@H]1O[C@]2(CC[C@@H](C)[C@H](CC[C@H](C)C(C)=O)O2)CC[C@@H]1C)[C@H](C)C(=O)C[C@@H](O[Si](CC)(CC)CC)[C@H](OC)[C@H](OC(=O)C[C@@H](O[Si](CC)(CC)CC)C1=C(C)C(=O)OC1=O)C(C)C. The number of hydrogen-bond donors (Lipinski definition) is 0. The van der Waals surface area contributed by atoms with Crippen LogP contribution in [0.15, 0.2) is 11.1 Å². The highest BCUT2D eigenvalue weighted by Crippen LogP contribution is 2.46. The van der Waals surface area contributed by atoms with Crippen molar-refractivity contribution in [1.82, 2.24) is 0 Å². The highest BCUT2D eigenvalue weighted by Gasteiger charge is 2.49. The molecule has 0 aliphatic carbocycles. The lowest BCUT2D eigenvalue weighted by Gasteiger charge is -2.51. The lowest BCUT2D eigenvalue weighted by molar-refractivity contribution is -0.338. The van der Waals surface area contributed by atoms with E-state index in [1.165, 1.54) is 6.92 Å². The van der Waals surface area contributed by atoms with Crippen molar-refractivity contribution >= 4 is 54.4 Å². The second kappa shape index (κ2) is 30.6. The summed E-state index contributed by atoms with van der Waals surface area (Å²) in [6.45, 7) is 37.4. The Morgan fingerprint density at radius 3 is 1.63 bits per heavy atom. The molecule has 0 N–H and O–H groups in total. The number of cyclic esters (lactones) is 2. The molecule has 0 aromatic heterocycles. The first kappa shape index (κ1) is 67.4. The van der Waals surface area contributed by atoms with E-state index < -0.39 is 79.0 Å². The third kappa shape index (κ3) is 17.5.